The van der Waals surface area contributed by atoms with Crippen LogP contribution in [0.4, 0.5) is 4.39 Å². The van der Waals surface area contributed by atoms with Crippen molar-refractivity contribution in [2.24, 2.45) is 0 Å². The SMILES string of the molecule is Cc1cc(C(=O)COc2ccc(F)c(C)c2)c(C)s1. The molecule has 0 unspecified atom stereocenters. The fraction of sp³-hybridized carbons (Fsp3) is 0.267. The minimum absolute atomic E-state index is 0.0257. The summed E-state index contributed by atoms with van der Waals surface area (Å²) in [6, 6.07) is 6.34. The molecule has 0 saturated carbocycles. The molecule has 0 aliphatic heterocycles. The van der Waals surface area contributed by atoms with Gasteiger partial charge in [-0.2, -0.15) is 0 Å². The predicted octanol–water partition coefficient (Wildman–Crippen LogP) is 4.07. The van der Waals surface area contributed by atoms with E-state index in [1.54, 1.807) is 24.3 Å². The maximum absolute atomic E-state index is 13.1. The van der Waals surface area contributed by atoms with Crippen LogP contribution in [0.5, 0.6) is 5.75 Å². The van der Waals surface area contributed by atoms with E-state index in [1.807, 2.05) is 19.9 Å². The second-order valence-corrected chi connectivity index (χ2v) is 5.91. The Kier molecular flexibility index (Phi) is 4.00. The number of thiophene rings is 1. The average molecular weight is 278 g/mol. The summed E-state index contributed by atoms with van der Waals surface area (Å²) in [5.41, 5.74) is 1.22. The van der Waals surface area contributed by atoms with Gasteiger partial charge in [0.1, 0.15) is 11.6 Å². The van der Waals surface area contributed by atoms with Crippen molar-refractivity contribution >= 4 is 17.1 Å². The third kappa shape index (κ3) is 3.20. The molecule has 0 radical (unpaired) electrons. The normalized spacial score (nSPS) is 10.5. The zero-order chi connectivity index (χ0) is 14.0. The van der Waals surface area contributed by atoms with E-state index in [0.29, 0.717) is 16.9 Å². The Morgan fingerprint density at radius 2 is 2.00 bits per heavy atom. The molecule has 0 saturated heterocycles. The molecular weight excluding hydrogens is 263 g/mol. The number of ether oxygens (including phenoxy) is 1. The van der Waals surface area contributed by atoms with Gasteiger partial charge in [0.2, 0.25) is 5.78 Å². The lowest BCUT2D eigenvalue weighted by molar-refractivity contribution is 0.0921. The quantitative estimate of drug-likeness (QED) is 0.788. The summed E-state index contributed by atoms with van der Waals surface area (Å²) in [4.78, 5) is 14.1. The summed E-state index contributed by atoms with van der Waals surface area (Å²) in [7, 11) is 0. The van der Waals surface area contributed by atoms with Crippen LogP contribution in [0.15, 0.2) is 24.3 Å². The van der Waals surface area contributed by atoms with Crippen molar-refractivity contribution in [1.82, 2.24) is 0 Å². The molecule has 0 bridgehead atoms. The fourth-order valence-corrected chi connectivity index (χ4v) is 2.78. The number of hydrogen-bond acceptors (Lipinski definition) is 3. The molecule has 0 atom stereocenters. The van der Waals surface area contributed by atoms with Gasteiger partial charge in [0.25, 0.3) is 0 Å². The van der Waals surface area contributed by atoms with Crippen molar-refractivity contribution < 1.29 is 13.9 Å². The highest BCUT2D eigenvalue weighted by Crippen LogP contribution is 2.22. The topological polar surface area (TPSA) is 26.3 Å². The number of halogens is 1. The Hall–Kier alpha value is -1.68. The van der Waals surface area contributed by atoms with Gasteiger partial charge in [-0.05, 0) is 50.6 Å². The van der Waals surface area contributed by atoms with Gasteiger partial charge in [-0.15, -0.1) is 11.3 Å². The molecule has 1 aromatic heterocycles. The van der Waals surface area contributed by atoms with Gasteiger partial charge in [-0.3, -0.25) is 4.79 Å². The molecule has 0 aliphatic carbocycles. The first-order valence-corrected chi connectivity index (χ1v) is 6.78. The zero-order valence-corrected chi connectivity index (χ0v) is 11.9. The number of carbonyl (C=O) groups excluding carboxylic acids is 1. The minimum atomic E-state index is -0.275. The lowest BCUT2D eigenvalue weighted by atomic mass is 10.2. The molecule has 1 heterocycles. The van der Waals surface area contributed by atoms with Crippen LogP contribution >= 0.6 is 11.3 Å². The lowest BCUT2D eigenvalue weighted by Gasteiger charge is -2.06. The first-order valence-electron chi connectivity index (χ1n) is 5.96. The number of carbonyl (C=O) groups is 1. The van der Waals surface area contributed by atoms with E-state index >= 15 is 0 Å². The first-order chi connectivity index (χ1) is 8.97. The molecule has 0 fully saturated rings. The van der Waals surface area contributed by atoms with E-state index in [9.17, 15) is 9.18 Å². The standard InChI is InChI=1S/C15H15FO2S/c1-9-6-12(4-5-14(9)16)18-8-15(17)13-7-10(2)19-11(13)3/h4-7H,8H2,1-3H3. The molecular formula is C15H15FO2S. The van der Waals surface area contributed by atoms with Crippen LogP contribution in [-0.2, 0) is 0 Å². The molecule has 100 valence electrons. The van der Waals surface area contributed by atoms with Crippen LogP contribution in [0.2, 0.25) is 0 Å². The maximum Gasteiger partial charge on any atom is 0.201 e. The number of hydrogen-bond donors (Lipinski definition) is 0. The molecule has 0 spiro atoms. The highest BCUT2D eigenvalue weighted by atomic mass is 32.1. The third-order valence-corrected chi connectivity index (χ3v) is 3.81. The first kappa shape index (κ1) is 13.7. The van der Waals surface area contributed by atoms with Crippen molar-refractivity contribution in [2.75, 3.05) is 6.61 Å². The highest BCUT2D eigenvalue weighted by molar-refractivity contribution is 7.12. The monoisotopic (exact) mass is 278 g/mol. The van der Waals surface area contributed by atoms with E-state index in [4.69, 9.17) is 4.74 Å². The zero-order valence-electron chi connectivity index (χ0n) is 11.1. The minimum Gasteiger partial charge on any atom is -0.485 e. The van der Waals surface area contributed by atoms with Gasteiger partial charge >= 0.3 is 0 Å². The molecule has 19 heavy (non-hydrogen) atoms. The van der Waals surface area contributed by atoms with Crippen LogP contribution < -0.4 is 4.74 Å². The molecule has 4 heteroatoms. The maximum atomic E-state index is 13.1. The van der Waals surface area contributed by atoms with Crippen LogP contribution in [0.1, 0.15) is 25.7 Å². The average Bonchev–Trinajstić information content (AvgIpc) is 2.70. The molecule has 0 N–H and O–H groups in total. The summed E-state index contributed by atoms with van der Waals surface area (Å²) in [6.45, 7) is 5.53. The van der Waals surface area contributed by atoms with Gasteiger partial charge in [0, 0.05) is 15.3 Å². The Balaban J connectivity index is 2.04. The van der Waals surface area contributed by atoms with Gasteiger partial charge in [-0.25, -0.2) is 4.39 Å². The van der Waals surface area contributed by atoms with Crippen LogP contribution in [0, 0.1) is 26.6 Å². The number of benzene rings is 1. The van der Waals surface area contributed by atoms with E-state index < -0.39 is 0 Å². The van der Waals surface area contributed by atoms with Gasteiger partial charge in [-0.1, -0.05) is 0 Å². The van der Waals surface area contributed by atoms with Gasteiger partial charge < -0.3 is 4.74 Å². The number of ketones is 1. The third-order valence-electron chi connectivity index (χ3n) is 2.84. The second-order valence-electron chi connectivity index (χ2n) is 4.45. The van der Waals surface area contributed by atoms with Crippen LogP contribution in [0.25, 0.3) is 0 Å². The molecule has 2 nitrogen and oxygen atoms in total. The van der Waals surface area contributed by atoms with E-state index in [0.717, 1.165) is 9.75 Å². The van der Waals surface area contributed by atoms with Crippen molar-refractivity contribution in [3.8, 4) is 5.75 Å². The summed E-state index contributed by atoms with van der Waals surface area (Å²) in [5.74, 6) is 0.184. The largest absolute Gasteiger partial charge is 0.485 e. The van der Waals surface area contributed by atoms with Crippen LogP contribution in [-0.4, -0.2) is 12.4 Å². The summed E-state index contributed by atoms with van der Waals surface area (Å²) in [5, 5.41) is 0. The Labute approximate surface area is 115 Å². The summed E-state index contributed by atoms with van der Waals surface area (Å²) in [6.07, 6.45) is 0. The molecule has 2 rings (SSSR count). The van der Waals surface area contributed by atoms with Gasteiger partial charge in [0.05, 0.1) is 0 Å². The molecule has 0 amide bonds. The number of aryl methyl sites for hydroxylation is 3. The van der Waals surface area contributed by atoms with Crippen molar-refractivity contribution in [3.63, 3.8) is 0 Å². The molecule has 0 aliphatic rings. The van der Waals surface area contributed by atoms with Gasteiger partial charge in [0.15, 0.2) is 6.61 Å². The number of Topliss-reactive ketones (excluding diaryl/α,β-unsaturated/α-hetero) is 1. The van der Waals surface area contributed by atoms with E-state index in [2.05, 4.69) is 0 Å². The van der Waals surface area contributed by atoms with Crippen molar-refractivity contribution in [2.45, 2.75) is 20.8 Å². The Morgan fingerprint density at radius 3 is 2.58 bits per heavy atom. The molecule has 1 aromatic carbocycles. The molecule has 2 aromatic rings. The smallest absolute Gasteiger partial charge is 0.201 e. The predicted molar refractivity (Wildman–Crippen MR) is 74.8 cm³/mol. The van der Waals surface area contributed by atoms with Crippen molar-refractivity contribution in [3.05, 3.63) is 51.0 Å². The van der Waals surface area contributed by atoms with E-state index in [1.165, 1.54) is 12.1 Å². The van der Waals surface area contributed by atoms with Crippen LogP contribution in [0.3, 0.4) is 0 Å². The second kappa shape index (κ2) is 5.53. The highest BCUT2D eigenvalue weighted by Gasteiger charge is 2.12. The summed E-state index contributed by atoms with van der Waals surface area (Å²) < 4.78 is 18.5. The Morgan fingerprint density at radius 1 is 1.26 bits per heavy atom. The van der Waals surface area contributed by atoms with E-state index in [-0.39, 0.29) is 18.2 Å². The Bertz CT molecular complexity index is 617. The lowest BCUT2D eigenvalue weighted by Crippen LogP contribution is -2.11. The number of rotatable bonds is 4. The summed E-state index contributed by atoms with van der Waals surface area (Å²) >= 11 is 1.60. The van der Waals surface area contributed by atoms with Crippen molar-refractivity contribution in [1.29, 1.82) is 0 Å². The fourth-order valence-electron chi connectivity index (χ4n) is 1.84.